The van der Waals surface area contributed by atoms with Crippen molar-refractivity contribution < 1.29 is 0 Å². The highest BCUT2D eigenvalue weighted by atomic mass is 15.2. The van der Waals surface area contributed by atoms with Gasteiger partial charge in [0.1, 0.15) is 0 Å². The maximum Gasteiger partial charge on any atom is 0.00821 e. The normalized spacial score (nSPS) is 29.8. The molecular formula is C13H28N2. The molecule has 1 aliphatic rings. The van der Waals surface area contributed by atoms with Crippen LogP contribution < -0.4 is 5.32 Å². The summed E-state index contributed by atoms with van der Waals surface area (Å²) < 4.78 is 0. The predicted octanol–water partition coefficient (Wildman–Crippen LogP) is 2.64. The lowest BCUT2D eigenvalue weighted by atomic mass is 10.1. The van der Waals surface area contributed by atoms with E-state index in [9.17, 15) is 0 Å². The van der Waals surface area contributed by atoms with Crippen molar-refractivity contribution in [3.8, 4) is 0 Å². The Bertz CT molecular complexity index is 177. The Hall–Kier alpha value is -0.0800. The molecule has 0 aromatic carbocycles. The summed E-state index contributed by atoms with van der Waals surface area (Å²) in [7, 11) is 0. The Morgan fingerprint density at radius 2 is 1.73 bits per heavy atom. The lowest BCUT2D eigenvalue weighted by Gasteiger charge is -2.30. The Balaban J connectivity index is 2.46. The average Bonchev–Trinajstić information content (AvgIpc) is 2.28. The standard InChI is InChI=1S/C13H28N2/c1-10(2)14-13-7-6-12(5)15(9-8-13)11(3)4/h10-14H,6-9H2,1-5H3/t12-,13?/m1/s1. The number of nitrogens with one attached hydrogen (secondary N) is 1. The summed E-state index contributed by atoms with van der Waals surface area (Å²) in [6, 6.07) is 2.80. The van der Waals surface area contributed by atoms with Crippen LogP contribution in [0.1, 0.15) is 53.9 Å². The molecule has 0 bridgehead atoms. The van der Waals surface area contributed by atoms with Gasteiger partial charge in [-0.2, -0.15) is 0 Å². The van der Waals surface area contributed by atoms with Gasteiger partial charge in [-0.05, 0) is 40.0 Å². The molecule has 1 rings (SSSR count). The van der Waals surface area contributed by atoms with Crippen LogP contribution in [0.4, 0.5) is 0 Å². The lowest BCUT2D eigenvalue weighted by Crippen LogP contribution is -2.39. The summed E-state index contributed by atoms with van der Waals surface area (Å²) in [5.41, 5.74) is 0. The Morgan fingerprint density at radius 1 is 1.07 bits per heavy atom. The van der Waals surface area contributed by atoms with E-state index >= 15 is 0 Å². The molecule has 1 unspecified atom stereocenters. The van der Waals surface area contributed by atoms with Gasteiger partial charge in [-0.15, -0.1) is 0 Å². The van der Waals surface area contributed by atoms with Crippen LogP contribution in [0, 0.1) is 0 Å². The zero-order valence-corrected chi connectivity index (χ0v) is 11.1. The van der Waals surface area contributed by atoms with Crippen LogP contribution in [0.3, 0.4) is 0 Å². The summed E-state index contributed by atoms with van der Waals surface area (Å²) in [5.74, 6) is 0. The highest BCUT2D eigenvalue weighted by Crippen LogP contribution is 2.19. The molecule has 0 aromatic rings. The average molecular weight is 212 g/mol. The second kappa shape index (κ2) is 5.86. The summed E-state index contributed by atoms with van der Waals surface area (Å²) in [5, 5.41) is 3.68. The molecule has 0 amide bonds. The minimum absolute atomic E-state index is 0.621. The molecule has 1 saturated heterocycles. The van der Waals surface area contributed by atoms with Gasteiger partial charge in [-0.25, -0.2) is 0 Å². The third-order valence-corrected chi connectivity index (χ3v) is 3.47. The number of nitrogens with zero attached hydrogens (tertiary/aromatic N) is 1. The first-order valence-electron chi connectivity index (χ1n) is 6.52. The molecule has 1 aliphatic heterocycles. The van der Waals surface area contributed by atoms with Crippen LogP contribution in [0.15, 0.2) is 0 Å². The summed E-state index contributed by atoms with van der Waals surface area (Å²) >= 11 is 0. The number of likely N-dealkylation sites (tertiary alicyclic amines) is 1. The van der Waals surface area contributed by atoms with Crippen molar-refractivity contribution in [2.75, 3.05) is 6.54 Å². The summed E-state index contributed by atoms with van der Waals surface area (Å²) in [4.78, 5) is 2.64. The van der Waals surface area contributed by atoms with Crippen molar-refractivity contribution in [2.24, 2.45) is 0 Å². The zero-order chi connectivity index (χ0) is 11.4. The van der Waals surface area contributed by atoms with Crippen molar-refractivity contribution in [2.45, 2.75) is 78.0 Å². The highest BCUT2D eigenvalue weighted by molar-refractivity contribution is 4.81. The van der Waals surface area contributed by atoms with Crippen molar-refractivity contribution in [3.63, 3.8) is 0 Å². The number of hydrogen-bond donors (Lipinski definition) is 1. The summed E-state index contributed by atoms with van der Waals surface area (Å²) in [6.07, 6.45) is 3.98. The monoisotopic (exact) mass is 212 g/mol. The second-order valence-electron chi connectivity index (χ2n) is 5.56. The van der Waals surface area contributed by atoms with Crippen molar-refractivity contribution in [1.82, 2.24) is 10.2 Å². The van der Waals surface area contributed by atoms with E-state index in [0.29, 0.717) is 12.1 Å². The van der Waals surface area contributed by atoms with Gasteiger partial charge in [0.25, 0.3) is 0 Å². The van der Waals surface area contributed by atoms with E-state index in [1.807, 2.05) is 0 Å². The smallest absolute Gasteiger partial charge is 0.00821 e. The minimum atomic E-state index is 0.621. The minimum Gasteiger partial charge on any atom is -0.312 e. The molecule has 1 fully saturated rings. The van der Waals surface area contributed by atoms with E-state index in [2.05, 4.69) is 44.8 Å². The molecule has 1 heterocycles. The molecule has 0 aromatic heterocycles. The molecular weight excluding hydrogens is 184 g/mol. The SMILES string of the molecule is CC(C)NC1CC[C@@H](C)N(C(C)C)CC1. The van der Waals surface area contributed by atoms with E-state index in [0.717, 1.165) is 12.1 Å². The zero-order valence-electron chi connectivity index (χ0n) is 11.1. The first kappa shape index (κ1) is 13.0. The summed E-state index contributed by atoms with van der Waals surface area (Å²) in [6.45, 7) is 12.7. The van der Waals surface area contributed by atoms with Crippen molar-refractivity contribution >= 4 is 0 Å². The number of rotatable bonds is 3. The van der Waals surface area contributed by atoms with Crippen LogP contribution >= 0.6 is 0 Å². The van der Waals surface area contributed by atoms with Gasteiger partial charge in [0.2, 0.25) is 0 Å². The third-order valence-electron chi connectivity index (χ3n) is 3.47. The Labute approximate surface area is 95.4 Å². The maximum absolute atomic E-state index is 3.68. The van der Waals surface area contributed by atoms with Crippen molar-refractivity contribution in [3.05, 3.63) is 0 Å². The second-order valence-corrected chi connectivity index (χ2v) is 5.56. The molecule has 0 aliphatic carbocycles. The fraction of sp³-hybridized carbons (Fsp3) is 1.00. The van der Waals surface area contributed by atoms with Gasteiger partial charge in [0.05, 0.1) is 0 Å². The fourth-order valence-electron chi connectivity index (χ4n) is 2.68. The van der Waals surface area contributed by atoms with Crippen LogP contribution in [0.25, 0.3) is 0 Å². The molecule has 0 spiro atoms. The molecule has 2 atom stereocenters. The van der Waals surface area contributed by atoms with Crippen LogP contribution in [-0.4, -0.2) is 35.6 Å². The van der Waals surface area contributed by atoms with E-state index in [1.165, 1.54) is 25.8 Å². The van der Waals surface area contributed by atoms with Gasteiger partial charge in [0.15, 0.2) is 0 Å². The van der Waals surface area contributed by atoms with Gasteiger partial charge in [-0.3, -0.25) is 4.90 Å². The van der Waals surface area contributed by atoms with E-state index in [-0.39, 0.29) is 0 Å². The van der Waals surface area contributed by atoms with Gasteiger partial charge >= 0.3 is 0 Å². The Kier molecular flexibility index (Phi) is 5.07. The molecule has 2 nitrogen and oxygen atoms in total. The van der Waals surface area contributed by atoms with Crippen LogP contribution in [0.5, 0.6) is 0 Å². The van der Waals surface area contributed by atoms with Crippen LogP contribution in [-0.2, 0) is 0 Å². The van der Waals surface area contributed by atoms with Gasteiger partial charge in [0, 0.05) is 30.7 Å². The first-order valence-corrected chi connectivity index (χ1v) is 6.52. The van der Waals surface area contributed by atoms with Crippen LogP contribution in [0.2, 0.25) is 0 Å². The van der Waals surface area contributed by atoms with E-state index in [4.69, 9.17) is 0 Å². The maximum atomic E-state index is 3.68. The molecule has 0 radical (unpaired) electrons. The quantitative estimate of drug-likeness (QED) is 0.773. The molecule has 15 heavy (non-hydrogen) atoms. The molecule has 0 saturated carbocycles. The Morgan fingerprint density at radius 3 is 2.27 bits per heavy atom. The van der Waals surface area contributed by atoms with Gasteiger partial charge in [-0.1, -0.05) is 13.8 Å². The predicted molar refractivity (Wildman–Crippen MR) is 67.2 cm³/mol. The molecule has 90 valence electrons. The topological polar surface area (TPSA) is 15.3 Å². The molecule has 2 heteroatoms. The first-order chi connectivity index (χ1) is 7.00. The van der Waals surface area contributed by atoms with Gasteiger partial charge < -0.3 is 5.32 Å². The third kappa shape index (κ3) is 4.12. The van der Waals surface area contributed by atoms with Crippen molar-refractivity contribution in [1.29, 1.82) is 0 Å². The molecule has 1 N–H and O–H groups in total. The largest absolute Gasteiger partial charge is 0.312 e. The fourth-order valence-corrected chi connectivity index (χ4v) is 2.68. The van der Waals surface area contributed by atoms with E-state index in [1.54, 1.807) is 0 Å². The number of hydrogen-bond acceptors (Lipinski definition) is 2. The van der Waals surface area contributed by atoms with E-state index < -0.39 is 0 Å². The lowest BCUT2D eigenvalue weighted by molar-refractivity contribution is 0.167. The highest BCUT2D eigenvalue weighted by Gasteiger charge is 2.23.